The van der Waals surface area contributed by atoms with Crippen LogP contribution < -0.4 is 5.32 Å². The Hall–Kier alpha value is -3.22. The normalized spacial score (nSPS) is 10.6. The van der Waals surface area contributed by atoms with Gasteiger partial charge in [-0.25, -0.2) is 14.8 Å². The van der Waals surface area contributed by atoms with Gasteiger partial charge in [-0.05, 0) is 30.3 Å². The summed E-state index contributed by atoms with van der Waals surface area (Å²) in [6.07, 6.45) is 0. The van der Waals surface area contributed by atoms with Crippen molar-refractivity contribution in [3.05, 3.63) is 42.1 Å². The van der Waals surface area contributed by atoms with Crippen LogP contribution >= 0.6 is 0 Å². The second-order valence-corrected chi connectivity index (χ2v) is 4.60. The van der Waals surface area contributed by atoms with Gasteiger partial charge < -0.3 is 14.8 Å². The molecule has 0 saturated heterocycles. The first-order valence-corrected chi connectivity index (χ1v) is 6.42. The minimum Gasteiger partial charge on any atom is -0.477 e. The fourth-order valence-corrected chi connectivity index (χ4v) is 1.99. The molecule has 0 aliphatic heterocycles. The van der Waals surface area contributed by atoms with E-state index in [1.807, 2.05) is 0 Å². The SMILES string of the molecule is CC(=O)Nc1ccc2oc(-c3cccc(C(=O)O)n3)nc2c1. The van der Waals surface area contributed by atoms with E-state index in [4.69, 9.17) is 9.52 Å². The Morgan fingerprint density at radius 1 is 1.18 bits per heavy atom. The lowest BCUT2D eigenvalue weighted by atomic mass is 10.3. The molecule has 0 atom stereocenters. The maximum absolute atomic E-state index is 11.1. The number of carboxylic acid groups (broad SMARTS) is 1. The molecule has 7 nitrogen and oxygen atoms in total. The van der Waals surface area contributed by atoms with Crippen molar-refractivity contribution in [2.24, 2.45) is 0 Å². The quantitative estimate of drug-likeness (QED) is 0.769. The number of benzene rings is 1. The van der Waals surface area contributed by atoms with E-state index < -0.39 is 5.97 Å². The highest BCUT2D eigenvalue weighted by Gasteiger charge is 2.13. The summed E-state index contributed by atoms with van der Waals surface area (Å²) in [6.45, 7) is 1.42. The lowest BCUT2D eigenvalue weighted by molar-refractivity contribution is -0.114. The summed E-state index contributed by atoms with van der Waals surface area (Å²) < 4.78 is 5.57. The van der Waals surface area contributed by atoms with Crippen LogP contribution in [0.25, 0.3) is 22.7 Å². The van der Waals surface area contributed by atoms with Gasteiger partial charge in [-0.2, -0.15) is 0 Å². The molecule has 0 saturated carbocycles. The number of amides is 1. The number of hydrogen-bond acceptors (Lipinski definition) is 5. The van der Waals surface area contributed by atoms with Crippen molar-refractivity contribution >= 4 is 28.7 Å². The minimum absolute atomic E-state index is 0.0845. The van der Waals surface area contributed by atoms with Crippen LogP contribution in [-0.2, 0) is 4.79 Å². The van der Waals surface area contributed by atoms with Crippen LogP contribution in [0.2, 0.25) is 0 Å². The molecule has 2 aromatic heterocycles. The molecule has 0 fully saturated rings. The number of hydrogen-bond donors (Lipinski definition) is 2. The Kier molecular flexibility index (Phi) is 3.30. The fraction of sp³-hybridized carbons (Fsp3) is 0.0667. The lowest BCUT2D eigenvalue weighted by Gasteiger charge is -1.99. The zero-order valence-corrected chi connectivity index (χ0v) is 11.5. The first kappa shape index (κ1) is 13.7. The van der Waals surface area contributed by atoms with Crippen LogP contribution in [0, 0.1) is 0 Å². The number of nitrogens with one attached hydrogen (secondary N) is 1. The molecule has 0 aliphatic carbocycles. The monoisotopic (exact) mass is 297 g/mol. The van der Waals surface area contributed by atoms with E-state index in [2.05, 4.69) is 15.3 Å². The lowest BCUT2D eigenvalue weighted by Crippen LogP contribution is -2.05. The predicted octanol–water partition coefficient (Wildman–Crippen LogP) is 2.55. The summed E-state index contributed by atoms with van der Waals surface area (Å²) in [7, 11) is 0. The second-order valence-electron chi connectivity index (χ2n) is 4.60. The largest absolute Gasteiger partial charge is 0.477 e. The minimum atomic E-state index is -1.12. The topological polar surface area (TPSA) is 105 Å². The molecule has 0 radical (unpaired) electrons. The van der Waals surface area contributed by atoms with E-state index in [9.17, 15) is 9.59 Å². The number of oxazole rings is 1. The molecule has 7 heteroatoms. The Morgan fingerprint density at radius 3 is 2.73 bits per heavy atom. The summed E-state index contributed by atoms with van der Waals surface area (Å²) in [5.41, 5.74) is 1.92. The number of fused-ring (bicyclic) bond motifs is 1. The summed E-state index contributed by atoms with van der Waals surface area (Å²) in [5, 5.41) is 11.6. The molecule has 3 aromatic rings. The molecule has 1 aromatic carbocycles. The predicted molar refractivity (Wildman–Crippen MR) is 78.5 cm³/mol. The van der Waals surface area contributed by atoms with E-state index >= 15 is 0 Å². The molecule has 1 amide bonds. The number of carboxylic acids is 1. The van der Waals surface area contributed by atoms with Gasteiger partial charge in [0.15, 0.2) is 5.58 Å². The van der Waals surface area contributed by atoms with E-state index in [-0.39, 0.29) is 17.5 Å². The third-order valence-corrected chi connectivity index (χ3v) is 2.90. The van der Waals surface area contributed by atoms with Gasteiger partial charge in [0.1, 0.15) is 16.9 Å². The fourth-order valence-electron chi connectivity index (χ4n) is 1.99. The van der Waals surface area contributed by atoms with Crippen LogP contribution in [0.5, 0.6) is 0 Å². The van der Waals surface area contributed by atoms with Crippen LogP contribution in [0.4, 0.5) is 5.69 Å². The van der Waals surface area contributed by atoms with Gasteiger partial charge in [-0.3, -0.25) is 4.79 Å². The number of aromatic nitrogens is 2. The van der Waals surface area contributed by atoms with Crippen molar-refractivity contribution in [1.29, 1.82) is 0 Å². The maximum atomic E-state index is 11.1. The van der Waals surface area contributed by atoms with E-state index in [1.165, 1.54) is 13.0 Å². The van der Waals surface area contributed by atoms with Gasteiger partial charge in [0, 0.05) is 12.6 Å². The highest BCUT2D eigenvalue weighted by molar-refractivity contribution is 5.91. The molecular weight excluding hydrogens is 286 g/mol. The number of carbonyl (C=O) groups excluding carboxylic acids is 1. The van der Waals surface area contributed by atoms with Gasteiger partial charge in [-0.15, -0.1) is 0 Å². The molecule has 22 heavy (non-hydrogen) atoms. The van der Waals surface area contributed by atoms with Gasteiger partial charge >= 0.3 is 5.97 Å². The number of nitrogens with zero attached hydrogens (tertiary/aromatic N) is 2. The first-order valence-electron chi connectivity index (χ1n) is 6.42. The van der Waals surface area contributed by atoms with Gasteiger partial charge in [0.05, 0.1) is 0 Å². The highest BCUT2D eigenvalue weighted by Crippen LogP contribution is 2.25. The molecule has 0 aliphatic rings. The standard InChI is InChI=1S/C15H11N3O4/c1-8(19)16-9-5-6-13-12(7-9)18-14(22-13)10-3-2-4-11(17-10)15(20)21/h2-7H,1H3,(H,16,19)(H,20,21). The number of anilines is 1. The molecule has 2 heterocycles. The number of aromatic carboxylic acids is 1. The molecule has 0 bridgehead atoms. The number of pyridine rings is 1. The van der Waals surface area contributed by atoms with Crippen LogP contribution in [0.15, 0.2) is 40.8 Å². The Labute approximate surface area is 124 Å². The van der Waals surface area contributed by atoms with E-state index in [0.717, 1.165) is 0 Å². The van der Waals surface area contributed by atoms with Crippen molar-refractivity contribution < 1.29 is 19.1 Å². The zero-order valence-electron chi connectivity index (χ0n) is 11.5. The summed E-state index contributed by atoms with van der Waals surface area (Å²) >= 11 is 0. The van der Waals surface area contributed by atoms with E-state index in [0.29, 0.717) is 22.5 Å². The van der Waals surface area contributed by atoms with Crippen LogP contribution in [-0.4, -0.2) is 27.0 Å². The average molecular weight is 297 g/mol. The Morgan fingerprint density at radius 2 is 2.00 bits per heavy atom. The average Bonchev–Trinajstić information content (AvgIpc) is 2.90. The van der Waals surface area contributed by atoms with Crippen molar-refractivity contribution in [1.82, 2.24) is 9.97 Å². The number of rotatable bonds is 3. The third kappa shape index (κ3) is 2.64. The first-order chi connectivity index (χ1) is 10.5. The summed E-state index contributed by atoms with van der Waals surface area (Å²) in [6, 6.07) is 9.63. The van der Waals surface area contributed by atoms with Gasteiger partial charge in [0.2, 0.25) is 11.8 Å². The molecule has 110 valence electrons. The van der Waals surface area contributed by atoms with Crippen molar-refractivity contribution in [3.8, 4) is 11.6 Å². The Balaban J connectivity index is 2.03. The zero-order chi connectivity index (χ0) is 15.7. The molecular formula is C15H11N3O4. The molecule has 3 rings (SSSR count). The maximum Gasteiger partial charge on any atom is 0.354 e. The van der Waals surface area contributed by atoms with Gasteiger partial charge in [-0.1, -0.05) is 6.07 Å². The second kappa shape index (κ2) is 5.28. The van der Waals surface area contributed by atoms with E-state index in [1.54, 1.807) is 30.3 Å². The molecule has 0 unspecified atom stereocenters. The molecule has 0 spiro atoms. The number of carbonyl (C=O) groups is 2. The van der Waals surface area contributed by atoms with Crippen LogP contribution in [0.3, 0.4) is 0 Å². The van der Waals surface area contributed by atoms with Crippen molar-refractivity contribution in [2.75, 3.05) is 5.32 Å². The van der Waals surface area contributed by atoms with Gasteiger partial charge in [0.25, 0.3) is 0 Å². The van der Waals surface area contributed by atoms with Crippen LogP contribution in [0.1, 0.15) is 17.4 Å². The smallest absolute Gasteiger partial charge is 0.354 e. The summed E-state index contributed by atoms with van der Waals surface area (Å²) in [5.74, 6) is -1.08. The van der Waals surface area contributed by atoms with Crippen molar-refractivity contribution in [2.45, 2.75) is 6.92 Å². The highest BCUT2D eigenvalue weighted by atomic mass is 16.4. The van der Waals surface area contributed by atoms with Crippen molar-refractivity contribution in [3.63, 3.8) is 0 Å². The third-order valence-electron chi connectivity index (χ3n) is 2.90. The molecule has 2 N–H and O–H groups in total. The Bertz CT molecular complexity index is 885. The summed E-state index contributed by atoms with van der Waals surface area (Å²) in [4.78, 5) is 30.3.